The van der Waals surface area contributed by atoms with Crippen LogP contribution >= 0.6 is 0 Å². The Morgan fingerprint density at radius 3 is 2.72 bits per heavy atom. The van der Waals surface area contributed by atoms with E-state index in [-0.39, 0.29) is 18.1 Å². The van der Waals surface area contributed by atoms with Crippen molar-refractivity contribution in [3.05, 3.63) is 30.1 Å². The molecule has 0 saturated carbocycles. The molecule has 25 heavy (non-hydrogen) atoms. The summed E-state index contributed by atoms with van der Waals surface area (Å²) in [5.74, 6) is -0.0949. The van der Waals surface area contributed by atoms with Crippen molar-refractivity contribution in [2.24, 2.45) is 0 Å². The molecule has 2 atom stereocenters. The number of nitrogens with one attached hydrogen (secondary N) is 2. The van der Waals surface area contributed by atoms with Gasteiger partial charge >= 0.3 is 6.09 Å². The number of hydrogen-bond acceptors (Lipinski definition) is 5. The van der Waals surface area contributed by atoms with E-state index in [1.807, 2.05) is 39.0 Å². The van der Waals surface area contributed by atoms with Crippen LogP contribution in [0.4, 0.5) is 4.79 Å². The van der Waals surface area contributed by atoms with Crippen LogP contribution in [0.3, 0.4) is 0 Å². The number of carbonyl (C=O) groups is 2. The molecule has 138 valence electrons. The number of alkyl carbamates (subject to hydrolysis) is 1. The summed E-state index contributed by atoms with van der Waals surface area (Å²) >= 11 is 0. The van der Waals surface area contributed by atoms with E-state index in [0.29, 0.717) is 13.1 Å². The molecule has 0 aromatic carbocycles. The average Bonchev–Trinajstić information content (AvgIpc) is 3.31. The third-order valence-electron chi connectivity index (χ3n) is 3.59. The van der Waals surface area contributed by atoms with Crippen LogP contribution in [-0.4, -0.2) is 41.3 Å². The fourth-order valence-corrected chi connectivity index (χ4v) is 2.35. The van der Waals surface area contributed by atoms with Crippen molar-refractivity contribution in [1.29, 1.82) is 0 Å². The predicted octanol–water partition coefficient (Wildman–Crippen LogP) is 2.16. The lowest BCUT2D eigenvalue weighted by Gasteiger charge is -2.19. The summed E-state index contributed by atoms with van der Waals surface area (Å²) in [6.07, 6.45) is 3.42. The first-order valence-corrected chi connectivity index (χ1v) is 8.65. The molecule has 1 aliphatic rings. The van der Waals surface area contributed by atoms with Crippen molar-refractivity contribution < 1.29 is 19.1 Å². The Hall–Kier alpha value is -2.15. The Morgan fingerprint density at radius 2 is 2.04 bits per heavy atom. The number of rotatable bonds is 8. The van der Waals surface area contributed by atoms with Crippen molar-refractivity contribution in [3.8, 4) is 0 Å². The van der Waals surface area contributed by atoms with Gasteiger partial charge in [-0.3, -0.25) is 9.78 Å². The van der Waals surface area contributed by atoms with Gasteiger partial charge in [0.25, 0.3) is 5.91 Å². The van der Waals surface area contributed by atoms with E-state index in [0.717, 1.165) is 25.0 Å². The maximum absolute atomic E-state index is 12.0. The van der Waals surface area contributed by atoms with Crippen LogP contribution < -0.4 is 10.6 Å². The molecule has 0 unspecified atom stereocenters. The molecular formula is C18H27N3O4. The highest BCUT2D eigenvalue weighted by Crippen LogP contribution is 2.27. The topological polar surface area (TPSA) is 92.9 Å². The molecule has 7 heteroatoms. The van der Waals surface area contributed by atoms with Crippen LogP contribution in [0.25, 0.3) is 0 Å². The van der Waals surface area contributed by atoms with E-state index in [1.54, 1.807) is 6.20 Å². The van der Waals surface area contributed by atoms with Gasteiger partial charge in [0.05, 0.1) is 18.3 Å². The highest BCUT2D eigenvalue weighted by atomic mass is 16.6. The van der Waals surface area contributed by atoms with Crippen molar-refractivity contribution in [2.45, 2.75) is 64.4 Å². The summed E-state index contributed by atoms with van der Waals surface area (Å²) in [6.45, 7) is 6.45. The Kier molecular flexibility index (Phi) is 6.75. The Balaban J connectivity index is 1.51. The molecular weight excluding hydrogens is 322 g/mol. The fraction of sp³-hybridized carbons (Fsp3) is 0.611. The average molecular weight is 349 g/mol. The number of hydrogen-bond donors (Lipinski definition) is 2. The van der Waals surface area contributed by atoms with Crippen LogP contribution in [0, 0.1) is 0 Å². The van der Waals surface area contributed by atoms with E-state index >= 15 is 0 Å². The minimum absolute atomic E-state index is 0.0229. The van der Waals surface area contributed by atoms with Crippen LogP contribution in [0.2, 0.25) is 0 Å². The number of epoxide rings is 1. The smallest absolute Gasteiger partial charge is 0.407 e. The van der Waals surface area contributed by atoms with E-state index in [1.165, 1.54) is 0 Å². The molecule has 7 nitrogen and oxygen atoms in total. The Morgan fingerprint density at radius 1 is 1.24 bits per heavy atom. The van der Waals surface area contributed by atoms with Crippen LogP contribution in [0.5, 0.6) is 0 Å². The first kappa shape index (κ1) is 19.2. The van der Waals surface area contributed by atoms with E-state index in [2.05, 4.69) is 15.6 Å². The second-order valence-electron chi connectivity index (χ2n) is 7.06. The quantitative estimate of drug-likeness (QED) is 0.554. The van der Waals surface area contributed by atoms with Crippen LogP contribution in [-0.2, 0) is 20.8 Å². The molecule has 1 saturated heterocycles. The predicted molar refractivity (Wildman–Crippen MR) is 92.8 cm³/mol. The molecule has 0 bridgehead atoms. The number of ether oxygens (including phenoxy) is 2. The summed E-state index contributed by atoms with van der Waals surface area (Å²) in [5.41, 5.74) is 0.336. The highest BCUT2D eigenvalue weighted by Gasteiger charge is 2.43. The molecule has 2 rings (SSSR count). The number of amides is 2. The normalized spacial score (nSPS) is 19.2. The third kappa shape index (κ3) is 7.51. The molecule has 2 amide bonds. The lowest BCUT2D eigenvalue weighted by molar-refractivity contribution is -0.122. The van der Waals surface area contributed by atoms with Gasteiger partial charge in [-0.25, -0.2) is 4.79 Å². The lowest BCUT2D eigenvalue weighted by Crippen LogP contribution is -2.33. The zero-order valence-corrected chi connectivity index (χ0v) is 15.1. The monoisotopic (exact) mass is 349 g/mol. The fourth-order valence-electron chi connectivity index (χ4n) is 2.35. The van der Waals surface area contributed by atoms with Gasteiger partial charge in [0.15, 0.2) is 6.10 Å². The zero-order chi connectivity index (χ0) is 18.3. The zero-order valence-electron chi connectivity index (χ0n) is 15.1. The first-order valence-electron chi connectivity index (χ1n) is 8.65. The van der Waals surface area contributed by atoms with Crippen LogP contribution in [0.1, 0.15) is 45.7 Å². The van der Waals surface area contributed by atoms with E-state index in [4.69, 9.17) is 9.47 Å². The standard InChI is InChI=1S/C18H27N3O4/c1-18(2,3)25-17(23)20-11-7-5-9-14-15(24-14)16(22)21-12-13-8-4-6-10-19-13/h4,6,8,10,14-15H,5,7,9,11-12H2,1-3H3,(H,20,23)(H,21,22)/t14-,15+/m1/s1. The maximum Gasteiger partial charge on any atom is 0.407 e. The van der Waals surface area contributed by atoms with Crippen molar-refractivity contribution in [1.82, 2.24) is 15.6 Å². The highest BCUT2D eigenvalue weighted by molar-refractivity contribution is 5.83. The van der Waals surface area contributed by atoms with Crippen molar-refractivity contribution >= 4 is 12.0 Å². The van der Waals surface area contributed by atoms with Gasteiger partial charge in [-0.1, -0.05) is 6.07 Å². The van der Waals surface area contributed by atoms with Gasteiger partial charge in [-0.15, -0.1) is 0 Å². The summed E-state index contributed by atoms with van der Waals surface area (Å²) in [4.78, 5) is 27.6. The molecule has 1 aliphatic heterocycles. The van der Waals surface area contributed by atoms with E-state index < -0.39 is 11.7 Å². The van der Waals surface area contributed by atoms with Crippen molar-refractivity contribution in [2.75, 3.05) is 6.54 Å². The van der Waals surface area contributed by atoms with Gasteiger partial charge < -0.3 is 20.1 Å². The van der Waals surface area contributed by atoms with Gasteiger partial charge in [0, 0.05) is 12.7 Å². The Bertz CT molecular complexity index is 571. The number of nitrogens with zero attached hydrogens (tertiary/aromatic N) is 1. The second kappa shape index (κ2) is 8.80. The summed E-state index contributed by atoms with van der Waals surface area (Å²) in [7, 11) is 0. The summed E-state index contributed by atoms with van der Waals surface area (Å²) < 4.78 is 10.6. The van der Waals surface area contributed by atoms with E-state index in [9.17, 15) is 9.59 Å². The number of pyridine rings is 1. The van der Waals surface area contributed by atoms with Gasteiger partial charge in [0.2, 0.25) is 0 Å². The second-order valence-corrected chi connectivity index (χ2v) is 7.06. The lowest BCUT2D eigenvalue weighted by atomic mass is 10.1. The maximum atomic E-state index is 12.0. The first-order chi connectivity index (χ1) is 11.8. The molecule has 0 radical (unpaired) electrons. The molecule has 1 aromatic heterocycles. The van der Waals surface area contributed by atoms with Crippen molar-refractivity contribution in [3.63, 3.8) is 0 Å². The number of carbonyl (C=O) groups excluding carboxylic acids is 2. The molecule has 2 N–H and O–H groups in total. The summed E-state index contributed by atoms with van der Waals surface area (Å²) in [5, 5.41) is 5.55. The summed E-state index contributed by atoms with van der Waals surface area (Å²) in [6, 6.07) is 5.59. The molecule has 1 fully saturated rings. The largest absolute Gasteiger partial charge is 0.444 e. The Labute approximate surface area is 148 Å². The number of unbranched alkanes of at least 4 members (excludes halogenated alkanes) is 1. The number of aromatic nitrogens is 1. The molecule has 0 aliphatic carbocycles. The van der Waals surface area contributed by atoms with Gasteiger partial charge in [-0.05, 0) is 52.2 Å². The molecule has 2 heterocycles. The minimum atomic E-state index is -0.484. The van der Waals surface area contributed by atoms with Crippen LogP contribution in [0.15, 0.2) is 24.4 Å². The molecule has 0 spiro atoms. The molecule has 1 aromatic rings. The SMILES string of the molecule is CC(C)(C)OC(=O)NCCCC[C@H]1O[C@@H]1C(=O)NCc1ccccn1. The minimum Gasteiger partial charge on any atom is -0.444 e. The van der Waals surface area contributed by atoms with Gasteiger partial charge in [-0.2, -0.15) is 0 Å². The third-order valence-corrected chi connectivity index (χ3v) is 3.59. The van der Waals surface area contributed by atoms with Gasteiger partial charge in [0.1, 0.15) is 5.60 Å².